The van der Waals surface area contributed by atoms with Crippen molar-refractivity contribution in [3.63, 3.8) is 0 Å². The number of phenols is 1. The van der Waals surface area contributed by atoms with E-state index in [4.69, 9.17) is 4.74 Å². The molecule has 0 unspecified atom stereocenters. The summed E-state index contributed by atoms with van der Waals surface area (Å²) >= 11 is 0. The average Bonchev–Trinajstić information content (AvgIpc) is 3.01. The third-order valence-electron chi connectivity index (χ3n) is 5.70. The zero-order valence-electron chi connectivity index (χ0n) is 16.2. The summed E-state index contributed by atoms with van der Waals surface area (Å²) in [5.74, 6) is 1.18. The second kappa shape index (κ2) is 8.78. The predicted octanol–water partition coefficient (Wildman–Crippen LogP) is 5.22. The van der Waals surface area contributed by atoms with E-state index in [9.17, 15) is 9.50 Å². The lowest BCUT2D eigenvalue weighted by Gasteiger charge is -2.17. The maximum Gasteiger partial charge on any atom is 0.123 e. The molecule has 0 spiro atoms. The highest BCUT2D eigenvalue weighted by atomic mass is 19.1. The molecular formula is C24H28FNO2. The number of allylic oxidation sites excluding steroid dienone is 1. The second-order valence-electron chi connectivity index (χ2n) is 7.72. The van der Waals surface area contributed by atoms with Gasteiger partial charge in [-0.05, 0) is 67.0 Å². The molecule has 1 fully saturated rings. The maximum absolute atomic E-state index is 12.3. The highest BCUT2D eigenvalue weighted by Gasteiger charge is 2.23. The van der Waals surface area contributed by atoms with Crippen molar-refractivity contribution in [3.05, 3.63) is 53.6 Å². The number of halogens is 1. The fourth-order valence-electron chi connectivity index (χ4n) is 4.28. The molecule has 1 heterocycles. The fraction of sp³-hybridized carbons (Fsp3) is 0.417. The Morgan fingerprint density at radius 1 is 1.14 bits per heavy atom. The van der Waals surface area contributed by atoms with Crippen molar-refractivity contribution in [2.75, 3.05) is 26.3 Å². The minimum Gasteiger partial charge on any atom is -0.507 e. The number of hydrogen-bond donors (Lipinski definition) is 1. The van der Waals surface area contributed by atoms with Gasteiger partial charge in [0.25, 0.3) is 0 Å². The number of fused-ring (bicyclic) bond motifs is 1. The summed E-state index contributed by atoms with van der Waals surface area (Å²) in [7, 11) is 0. The van der Waals surface area contributed by atoms with Gasteiger partial charge in [-0.15, -0.1) is 0 Å². The monoisotopic (exact) mass is 381 g/mol. The number of benzene rings is 2. The largest absolute Gasteiger partial charge is 0.507 e. The van der Waals surface area contributed by atoms with Gasteiger partial charge in [0.05, 0.1) is 6.67 Å². The third kappa shape index (κ3) is 4.22. The Kier molecular flexibility index (Phi) is 5.96. The van der Waals surface area contributed by atoms with Gasteiger partial charge >= 0.3 is 0 Å². The van der Waals surface area contributed by atoms with Crippen molar-refractivity contribution in [2.24, 2.45) is 0 Å². The minimum absolute atomic E-state index is 0.164. The van der Waals surface area contributed by atoms with Gasteiger partial charge in [0.15, 0.2) is 0 Å². The van der Waals surface area contributed by atoms with Crippen LogP contribution in [0.3, 0.4) is 0 Å². The van der Waals surface area contributed by atoms with E-state index in [1.54, 1.807) is 6.07 Å². The van der Waals surface area contributed by atoms with E-state index in [0.717, 1.165) is 62.2 Å². The van der Waals surface area contributed by atoms with Crippen molar-refractivity contribution < 1.29 is 14.2 Å². The quantitative estimate of drug-likeness (QED) is 0.744. The van der Waals surface area contributed by atoms with Gasteiger partial charge in [-0.3, -0.25) is 9.29 Å². The van der Waals surface area contributed by atoms with Crippen LogP contribution in [-0.2, 0) is 6.42 Å². The molecule has 2 aliphatic rings. The zero-order valence-corrected chi connectivity index (χ0v) is 16.2. The van der Waals surface area contributed by atoms with Gasteiger partial charge < -0.3 is 9.84 Å². The van der Waals surface area contributed by atoms with Crippen LogP contribution in [0.15, 0.2) is 42.5 Å². The molecule has 28 heavy (non-hydrogen) atoms. The van der Waals surface area contributed by atoms with Gasteiger partial charge in [0.2, 0.25) is 0 Å². The summed E-state index contributed by atoms with van der Waals surface area (Å²) in [4.78, 5) is 2.27. The number of rotatable bonds is 6. The lowest BCUT2D eigenvalue weighted by Crippen LogP contribution is -2.26. The lowest BCUT2D eigenvalue weighted by molar-refractivity contribution is 0.198. The Balaban J connectivity index is 1.48. The molecule has 1 atom stereocenters. The van der Waals surface area contributed by atoms with Crippen molar-refractivity contribution in [3.8, 4) is 22.6 Å². The molecule has 1 N–H and O–H groups in total. The molecule has 0 saturated carbocycles. The first kappa shape index (κ1) is 19.0. The van der Waals surface area contributed by atoms with Gasteiger partial charge in [-0.2, -0.15) is 0 Å². The molecule has 0 amide bonds. The summed E-state index contributed by atoms with van der Waals surface area (Å²) in [5.41, 5.74) is 4.38. The highest BCUT2D eigenvalue weighted by molar-refractivity contribution is 5.78. The van der Waals surface area contributed by atoms with E-state index < -0.39 is 0 Å². The van der Waals surface area contributed by atoms with Crippen LogP contribution in [0.25, 0.3) is 17.2 Å². The zero-order chi connectivity index (χ0) is 19.3. The Morgan fingerprint density at radius 3 is 2.82 bits per heavy atom. The maximum atomic E-state index is 12.3. The molecule has 148 valence electrons. The van der Waals surface area contributed by atoms with E-state index in [-0.39, 0.29) is 12.8 Å². The van der Waals surface area contributed by atoms with E-state index in [0.29, 0.717) is 12.2 Å². The average molecular weight is 381 g/mol. The first-order valence-corrected chi connectivity index (χ1v) is 10.3. The molecular weight excluding hydrogens is 353 g/mol. The van der Waals surface area contributed by atoms with E-state index in [1.165, 1.54) is 11.1 Å². The third-order valence-corrected chi connectivity index (χ3v) is 5.70. The number of ether oxygens (including phenoxy) is 1. The predicted molar refractivity (Wildman–Crippen MR) is 112 cm³/mol. The first-order valence-electron chi connectivity index (χ1n) is 10.3. The van der Waals surface area contributed by atoms with Crippen molar-refractivity contribution in [1.82, 2.24) is 4.90 Å². The minimum atomic E-state index is -0.255. The number of aromatic hydroxyl groups is 1. The Morgan fingerprint density at radius 2 is 2.00 bits per heavy atom. The van der Waals surface area contributed by atoms with E-state index in [2.05, 4.69) is 17.1 Å². The Bertz CT molecular complexity index is 831. The van der Waals surface area contributed by atoms with Gasteiger partial charge in [-0.1, -0.05) is 30.4 Å². The lowest BCUT2D eigenvalue weighted by atomic mass is 9.92. The van der Waals surface area contributed by atoms with E-state index in [1.807, 2.05) is 30.3 Å². The van der Waals surface area contributed by atoms with Gasteiger partial charge in [0, 0.05) is 25.2 Å². The molecule has 4 rings (SSSR count). The van der Waals surface area contributed by atoms with Crippen molar-refractivity contribution in [1.29, 1.82) is 0 Å². The topological polar surface area (TPSA) is 32.7 Å². The molecule has 0 aromatic heterocycles. The summed E-state index contributed by atoms with van der Waals surface area (Å²) in [6.45, 7) is 2.39. The molecule has 0 bridgehead atoms. The van der Waals surface area contributed by atoms with Crippen LogP contribution in [-0.4, -0.2) is 42.4 Å². The van der Waals surface area contributed by atoms with Crippen LogP contribution in [0.5, 0.6) is 11.5 Å². The first-order chi connectivity index (χ1) is 13.7. The number of hydrogen-bond acceptors (Lipinski definition) is 3. The van der Waals surface area contributed by atoms with Crippen LogP contribution in [0.2, 0.25) is 0 Å². The highest BCUT2D eigenvalue weighted by Crippen LogP contribution is 2.38. The fourth-order valence-corrected chi connectivity index (χ4v) is 4.28. The summed E-state index contributed by atoms with van der Waals surface area (Å²) in [6.07, 6.45) is 9.26. The normalized spacial score (nSPS) is 19.4. The number of nitrogens with zero attached hydrogens (tertiary/aromatic N) is 1. The van der Waals surface area contributed by atoms with Crippen LogP contribution in [0.4, 0.5) is 4.39 Å². The molecule has 2 aromatic rings. The molecule has 1 saturated heterocycles. The molecule has 3 nitrogen and oxygen atoms in total. The van der Waals surface area contributed by atoms with Crippen LogP contribution in [0.1, 0.15) is 36.8 Å². The number of likely N-dealkylation sites (tertiary alicyclic amines) is 1. The second-order valence-corrected chi connectivity index (χ2v) is 7.72. The number of alkyl halides is 1. The van der Waals surface area contributed by atoms with Crippen LogP contribution in [0, 0.1) is 0 Å². The molecule has 0 radical (unpaired) electrons. The van der Waals surface area contributed by atoms with E-state index >= 15 is 0 Å². The molecule has 1 aliphatic carbocycles. The Hall–Kier alpha value is -2.33. The molecule has 1 aliphatic heterocycles. The summed E-state index contributed by atoms with van der Waals surface area (Å²) in [5, 5.41) is 10.5. The smallest absolute Gasteiger partial charge is 0.123 e. The van der Waals surface area contributed by atoms with Crippen molar-refractivity contribution >= 4 is 6.08 Å². The summed E-state index contributed by atoms with van der Waals surface area (Å²) < 4.78 is 18.5. The van der Waals surface area contributed by atoms with Gasteiger partial charge in [-0.25, -0.2) is 0 Å². The number of phenolic OH excluding ortho intramolecular Hbond substituents is 1. The van der Waals surface area contributed by atoms with Crippen LogP contribution < -0.4 is 4.74 Å². The standard InChI is InChI=1S/C24H28FNO2/c25-14-4-15-26-16-13-21(17-26)28-20-10-7-19(8-11-20)24-22-6-3-1-2-5-18(22)9-12-23(24)27/h2,5,7-12,21,27H,1,3-4,6,13-17H2/t21-/m0/s1. The van der Waals surface area contributed by atoms with Crippen LogP contribution >= 0.6 is 0 Å². The molecule has 2 aromatic carbocycles. The Labute approximate surface area is 166 Å². The van der Waals surface area contributed by atoms with Gasteiger partial charge in [0.1, 0.15) is 17.6 Å². The van der Waals surface area contributed by atoms with Crippen molar-refractivity contribution in [2.45, 2.75) is 38.2 Å². The summed E-state index contributed by atoms with van der Waals surface area (Å²) in [6, 6.07) is 11.8. The SMILES string of the molecule is Oc1ccc2c(c1-c1ccc(O[C@H]3CCN(CCCF)C3)cc1)CCCC=C2. The molecule has 4 heteroatoms.